The second-order valence-electron chi connectivity index (χ2n) is 16.9. The van der Waals surface area contributed by atoms with Crippen LogP contribution in [0.2, 0.25) is 0 Å². The fourth-order valence-corrected chi connectivity index (χ4v) is 12.5. The first-order chi connectivity index (χ1) is 25.6. The number of aromatic amines is 2. The van der Waals surface area contributed by atoms with Crippen molar-refractivity contribution in [1.82, 2.24) is 19.8 Å². The number of carbonyl (C=O) groups excluding carboxylic acids is 2. The molecule has 6 aliphatic rings. The van der Waals surface area contributed by atoms with Crippen molar-refractivity contribution in [2.24, 2.45) is 29.6 Å². The molecular formula is C43H54N4O6. The molecule has 282 valence electrons. The fraction of sp³-hybridized carbons (Fsp3) is 0.581. The summed E-state index contributed by atoms with van der Waals surface area (Å²) in [5, 5.41) is 15.8. The number of piperidine rings is 3. The molecular weight excluding hydrogens is 668 g/mol. The number of methoxy groups -OCH3 is 3. The summed E-state index contributed by atoms with van der Waals surface area (Å²) in [5.74, 6) is 0.648. The van der Waals surface area contributed by atoms with E-state index in [2.05, 4.69) is 58.9 Å². The zero-order valence-corrected chi connectivity index (χ0v) is 32.0. The van der Waals surface area contributed by atoms with Crippen LogP contribution in [0, 0.1) is 29.6 Å². The Hall–Kier alpha value is -3.86. The average Bonchev–Trinajstić information content (AvgIpc) is 3.71. The number of hydrogen-bond donors (Lipinski definition) is 3. The Morgan fingerprint density at radius 2 is 1.70 bits per heavy atom. The molecule has 1 saturated carbocycles. The first-order valence-corrected chi connectivity index (χ1v) is 19.8. The summed E-state index contributed by atoms with van der Waals surface area (Å²) in [6.07, 6.45) is 5.52. The molecule has 2 aliphatic carbocycles. The van der Waals surface area contributed by atoms with Crippen molar-refractivity contribution in [3.63, 3.8) is 0 Å². The van der Waals surface area contributed by atoms with E-state index in [-0.39, 0.29) is 35.9 Å². The van der Waals surface area contributed by atoms with Crippen LogP contribution in [0.5, 0.6) is 5.75 Å². The molecule has 2 aromatic carbocycles. The third kappa shape index (κ3) is 4.80. The van der Waals surface area contributed by atoms with E-state index in [4.69, 9.17) is 14.2 Å². The quantitative estimate of drug-likeness (QED) is 0.218. The van der Waals surface area contributed by atoms with Gasteiger partial charge in [-0.2, -0.15) is 0 Å². The van der Waals surface area contributed by atoms with E-state index in [1.54, 1.807) is 7.11 Å². The zero-order chi connectivity index (χ0) is 37.0. The molecule has 10 atom stereocenters. The van der Waals surface area contributed by atoms with E-state index in [1.807, 2.05) is 18.2 Å². The number of nitrogens with zero attached hydrogens (tertiary/aromatic N) is 2. The number of rotatable bonds is 6. The predicted molar refractivity (Wildman–Crippen MR) is 203 cm³/mol. The van der Waals surface area contributed by atoms with Crippen molar-refractivity contribution in [2.75, 3.05) is 48.0 Å². The summed E-state index contributed by atoms with van der Waals surface area (Å²) >= 11 is 0. The van der Waals surface area contributed by atoms with Crippen LogP contribution in [0.4, 0.5) is 0 Å². The minimum atomic E-state index is -1.53. The van der Waals surface area contributed by atoms with E-state index < -0.39 is 16.9 Å². The van der Waals surface area contributed by atoms with Gasteiger partial charge in [-0.3, -0.25) is 14.5 Å². The van der Waals surface area contributed by atoms with Crippen LogP contribution in [0.25, 0.3) is 21.8 Å². The van der Waals surface area contributed by atoms with Gasteiger partial charge in [0.25, 0.3) is 0 Å². The van der Waals surface area contributed by atoms with Crippen LogP contribution in [-0.4, -0.2) is 96.9 Å². The number of hydrogen-bond acceptors (Lipinski definition) is 8. The summed E-state index contributed by atoms with van der Waals surface area (Å²) in [4.78, 5) is 40.5. The number of fused-ring (bicyclic) bond motifs is 9. The van der Waals surface area contributed by atoms with Gasteiger partial charge in [-0.15, -0.1) is 0 Å². The molecule has 10 heteroatoms. The predicted octanol–water partition coefficient (Wildman–Crippen LogP) is 5.67. The van der Waals surface area contributed by atoms with Crippen molar-refractivity contribution in [3.8, 4) is 5.75 Å². The minimum Gasteiger partial charge on any atom is -0.496 e. The lowest BCUT2D eigenvalue weighted by Gasteiger charge is -2.57. The molecule has 3 N–H and O–H groups in total. The first-order valence-electron chi connectivity index (χ1n) is 19.8. The van der Waals surface area contributed by atoms with Crippen LogP contribution < -0.4 is 4.74 Å². The third-order valence-corrected chi connectivity index (χ3v) is 14.7. The highest BCUT2D eigenvalue weighted by atomic mass is 16.5. The number of H-pyrrole nitrogens is 2. The second-order valence-corrected chi connectivity index (χ2v) is 16.9. The highest BCUT2D eigenvalue weighted by Gasteiger charge is 2.63. The number of nitrogens with one attached hydrogen (secondary N) is 2. The van der Waals surface area contributed by atoms with Gasteiger partial charge in [0, 0.05) is 70.8 Å². The summed E-state index contributed by atoms with van der Waals surface area (Å²) in [6.45, 7) is 7.15. The van der Waals surface area contributed by atoms with Gasteiger partial charge in [0.05, 0.1) is 32.9 Å². The van der Waals surface area contributed by atoms with Gasteiger partial charge in [-0.25, -0.2) is 0 Å². The van der Waals surface area contributed by atoms with Crippen LogP contribution >= 0.6 is 0 Å². The summed E-state index contributed by atoms with van der Waals surface area (Å²) < 4.78 is 17.5. The topological polar surface area (TPSA) is 120 Å². The Labute approximate surface area is 311 Å². The Kier molecular flexibility index (Phi) is 8.29. The van der Waals surface area contributed by atoms with E-state index >= 15 is 0 Å². The molecule has 6 heterocycles. The van der Waals surface area contributed by atoms with Gasteiger partial charge >= 0.3 is 11.9 Å². The molecule has 4 aliphatic heterocycles. The highest BCUT2D eigenvalue weighted by molar-refractivity contribution is 5.93. The molecule has 2 aromatic heterocycles. The number of likely N-dealkylation sites (tertiary alicyclic amines) is 1. The maximum Gasteiger partial charge on any atom is 0.319 e. The van der Waals surface area contributed by atoms with E-state index in [0.717, 1.165) is 96.1 Å². The van der Waals surface area contributed by atoms with E-state index in [9.17, 15) is 14.7 Å². The fourth-order valence-electron chi connectivity index (χ4n) is 12.5. The summed E-state index contributed by atoms with van der Waals surface area (Å²) in [5.41, 5.74) is 4.08. The molecule has 4 fully saturated rings. The number of ether oxygens (including phenoxy) is 3. The number of benzene rings is 2. The normalized spacial score (nSPS) is 34.8. The van der Waals surface area contributed by atoms with Crippen molar-refractivity contribution in [2.45, 2.75) is 81.9 Å². The van der Waals surface area contributed by atoms with E-state index in [0.29, 0.717) is 36.0 Å². The lowest BCUT2D eigenvalue weighted by atomic mass is 9.56. The van der Waals surface area contributed by atoms with Gasteiger partial charge in [0.2, 0.25) is 0 Å². The van der Waals surface area contributed by atoms with Gasteiger partial charge < -0.3 is 34.2 Å². The van der Waals surface area contributed by atoms with Gasteiger partial charge in [-0.1, -0.05) is 44.9 Å². The standard InChI is InChI=1S/C43H54N4O6/c1-7-24-15-23-19-42(41(49)53-6)37-27(13-14-47(21-23)39(24)42)28-16-31(35(51-4)18-33(28)45-37)43(50)20-30-25(8-2)22-46(3)34(36(30)40(48)52-5)17-29-26-11-9-10-12-32(26)44-38(29)43/h9-12,16,18,23-25,30,34,36,39,44-45,50H,7-8,13-15,17,19-22H2,1-6H3/t23-,24-,25-,30+,34+,36?,39-,42+,43+/m1/s1. The number of carbonyl (C=O) groups is 2. The lowest BCUT2D eigenvalue weighted by Crippen LogP contribution is -2.67. The van der Waals surface area contributed by atoms with Gasteiger partial charge in [-0.05, 0) is 86.1 Å². The Balaban J connectivity index is 1.30. The van der Waals surface area contributed by atoms with Crippen molar-refractivity contribution >= 4 is 33.7 Å². The second kappa shape index (κ2) is 12.6. The third-order valence-electron chi connectivity index (χ3n) is 14.7. The van der Waals surface area contributed by atoms with Crippen molar-refractivity contribution < 1.29 is 28.9 Å². The van der Waals surface area contributed by atoms with Gasteiger partial charge in [0.15, 0.2) is 0 Å². The number of aromatic nitrogens is 2. The van der Waals surface area contributed by atoms with Gasteiger partial charge in [0.1, 0.15) is 16.8 Å². The number of esters is 2. The number of aliphatic hydroxyl groups is 1. The SMILES string of the molecule is CC[C@@H]1CN(C)[C@H]2Cc3c([nH]c4ccccc34)[C@@](O)(c3cc4c5c([nH]c4cc3OC)[C@@]3(C(=O)OC)C[C@H]4C[C@@H](CC)[C@H]3N(CC5)C4)C[C@@H]1C2C(=O)OC. The Morgan fingerprint density at radius 3 is 2.43 bits per heavy atom. The largest absolute Gasteiger partial charge is 0.496 e. The maximum atomic E-state index is 14.2. The Bertz CT molecular complexity index is 2100. The highest BCUT2D eigenvalue weighted by Crippen LogP contribution is 2.57. The molecule has 3 saturated heterocycles. The first kappa shape index (κ1) is 34.9. The van der Waals surface area contributed by atoms with E-state index in [1.165, 1.54) is 14.2 Å². The van der Waals surface area contributed by atoms with Crippen LogP contribution in [0.1, 0.15) is 74.0 Å². The zero-order valence-electron chi connectivity index (χ0n) is 32.0. The molecule has 53 heavy (non-hydrogen) atoms. The molecule has 2 unspecified atom stereocenters. The molecule has 0 radical (unpaired) electrons. The van der Waals surface area contributed by atoms with Crippen molar-refractivity contribution in [1.29, 1.82) is 0 Å². The summed E-state index contributed by atoms with van der Waals surface area (Å²) in [7, 11) is 6.79. The average molecular weight is 723 g/mol. The number of likely N-dealkylation sites (N-methyl/N-ethyl adjacent to an activating group) is 1. The molecule has 10 rings (SSSR count). The lowest BCUT2D eigenvalue weighted by molar-refractivity contribution is -0.162. The molecule has 0 spiro atoms. The van der Waals surface area contributed by atoms with Crippen LogP contribution in [0.15, 0.2) is 36.4 Å². The van der Waals surface area contributed by atoms with Crippen molar-refractivity contribution in [3.05, 3.63) is 64.5 Å². The Morgan fingerprint density at radius 1 is 0.925 bits per heavy atom. The maximum absolute atomic E-state index is 14.2. The molecule has 10 nitrogen and oxygen atoms in total. The molecule has 4 aromatic rings. The molecule has 6 bridgehead atoms. The minimum absolute atomic E-state index is 0.0722. The summed E-state index contributed by atoms with van der Waals surface area (Å²) in [6, 6.07) is 12.4. The number of para-hydroxylation sites is 1. The van der Waals surface area contributed by atoms with Crippen LogP contribution in [-0.2, 0) is 42.9 Å². The van der Waals surface area contributed by atoms with Crippen LogP contribution in [0.3, 0.4) is 0 Å². The smallest absolute Gasteiger partial charge is 0.319 e. The molecule has 0 amide bonds. The monoisotopic (exact) mass is 722 g/mol.